The molecular formula is C21H34O4S. The maximum absolute atomic E-state index is 12.1. The average molecular weight is 383 g/mol. The van der Waals surface area contributed by atoms with Crippen molar-refractivity contribution in [3.05, 3.63) is 0 Å². The van der Waals surface area contributed by atoms with E-state index < -0.39 is 22.2 Å². The lowest BCUT2D eigenvalue weighted by Gasteiger charge is -2.69. The molecule has 5 fully saturated rings. The highest BCUT2D eigenvalue weighted by molar-refractivity contribution is 7.84. The van der Waals surface area contributed by atoms with E-state index in [0.717, 1.165) is 51.4 Å². The van der Waals surface area contributed by atoms with Crippen molar-refractivity contribution in [3.63, 3.8) is 0 Å². The van der Waals surface area contributed by atoms with Gasteiger partial charge >= 0.3 is 5.97 Å². The molecule has 2 N–H and O–H groups in total. The van der Waals surface area contributed by atoms with Gasteiger partial charge < -0.3 is 10.2 Å². The van der Waals surface area contributed by atoms with Crippen molar-refractivity contribution in [1.29, 1.82) is 0 Å². The molecule has 1 spiro atoms. The fourth-order valence-corrected chi connectivity index (χ4v) is 9.23. The summed E-state index contributed by atoms with van der Waals surface area (Å²) in [6.07, 6.45) is 9.42. The van der Waals surface area contributed by atoms with Crippen molar-refractivity contribution in [2.45, 2.75) is 71.3 Å². The van der Waals surface area contributed by atoms with E-state index in [4.69, 9.17) is 0 Å². The zero-order chi connectivity index (χ0) is 18.9. The molecule has 5 heteroatoms. The van der Waals surface area contributed by atoms with Crippen LogP contribution < -0.4 is 0 Å². The van der Waals surface area contributed by atoms with Crippen molar-refractivity contribution in [2.75, 3.05) is 12.0 Å². The maximum atomic E-state index is 12.1. The summed E-state index contributed by atoms with van der Waals surface area (Å²) in [6, 6.07) is 0. The summed E-state index contributed by atoms with van der Waals surface area (Å²) in [5.74, 6) is 1.23. The zero-order valence-electron chi connectivity index (χ0n) is 16.4. The lowest BCUT2D eigenvalue weighted by molar-refractivity contribution is -0.241. The van der Waals surface area contributed by atoms with Gasteiger partial charge in [-0.2, -0.15) is 0 Å². The smallest absolute Gasteiger partial charge is 0.309 e. The summed E-state index contributed by atoms with van der Waals surface area (Å²) in [5.41, 5.74) is -0.680. The van der Waals surface area contributed by atoms with Gasteiger partial charge in [0.15, 0.2) is 0 Å². The Morgan fingerprint density at radius 3 is 2.46 bits per heavy atom. The zero-order valence-corrected chi connectivity index (χ0v) is 17.2. The van der Waals surface area contributed by atoms with Crippen LogP contribution in [0.2, 0.25) is 0 Å². The average Bonchev–Trinajstić information content (AvgIpc) is 2.57. The van der Waals surface area contributed by atoms with Crippen LogP contribution in [0.3, 0.4) is 0 Å². The molecule has 5 aliphatic carbocycles. The van der Waals surface area contributed by atoms with Crippen LogP contribution in [0, 0.1) is 39.9 Å². The van der Waals surface area contributed by atoms with E-state index in [2.05, 4.69) is 6.92 Å². The van der Waals surface area contributed by atoms with Crippen LogP contribution in [0.1, 0.15) is 65.2 Å². The molecule has 0 heterocycles. The lowest BCUT2D eigenvalue weighted by Crippen LogP contribution is -2.67. The van der Waals surface area contributed by atoms with Crippen LogP contribution in [0.25, 0.3) is 0 Å². The number of aliphatic carboxylic acids is 1. The van der Waals surface area contributed by atoms with E-state index in [-0.39, 0.29) is 28.8 Å². The van der Waals surface area contributed by atoms with Gasteiger partial charge in [-0.25, -0.2) is 0 Å². The number of hydrogen-bond acceptors (Lipinski definition) is 3. The predicted octanol–water partition coefficient (Wildman–Crippen LogP) is 3.45. The van der Waals surface area contributed by atoms with Crippen molar-refractivity contribution in [2.24, 2.45) is 39.9 Å². The molecule has 5 saturated carbocycles. The highest BCUT2D eigenvalue weighted by atomic mass is 32.2. The van der Waals surface area contributed by atoms with E-state index in [9.17, 15) is 19.2 Å². The minimum atomic E-state index is -0.876. The molecule has 0 aromatic heterocycles. The summed E-state index contributed by atoms with van der Waals surface area (Å²) in [7, 11) is -0.876. The third kappa shape index (κ3) is 2.35. The van der Waals surface area contributed by atoms with Crippen molar-refractivity contribution in [1.82, 2.24) is 0 Å². The Morgan fingerprint density at radius 1 is 1.12 bits per heavy atom. The summed E-state index contributed by atoms with van der Waals surface area (Å²) in [6.45, 7) is 4.31. The maximum Gasteiger partial charge on any atom is 0.309 e. The standard InChI is InChI=1S/C21H34O4S/c1-19-7-4-8-20(2,18(23)24)15(19)6-10-21-9-5-13(11-16(19)21)14(17(21)22)12-26(3)25/h13-17,22H,4-12H2,1-3H3,(H,23,24)/t13-,14-,15?,16?,17+,19+,20+,21-,26?/m0/s1. The lowest BCUT2D eigenvalue weighted by atomic mass is 9.35. The molecule has 3 unspecified atom stereocenters. The van der Waals surface area contributed by atoms with Crippen LogP contribution in [0.15, 0.2) is 0 Å². The van der Waals surface area contributed by atoms with Gasteiger partial charge in [0.25, 0.3) is 0 Å². The Kier molecular flexibility index (Phi) is 4.39. The molecule has 9 atom stereocenters. The Balaban J connectivity index is 1.71. The summed E-state index contributed by atoms with van der Waals surface area (Å²) >= 11 is 0. The first kappa shape index (κ1) is 18.9. The van der Waals surface area contributed by atoms with Crippen LogP contribution in [0.4, 0.5) is 0 Å². The molecule has 0 aromatic rings. The largest absolute Gasteiger partial charge is 0.481 e. The van der Waals surface area contributed by atoms with E-state index >= 15 is 0 Å². The Hall–Kier alpha value is -0.420. The molecule has 0 radical (unpaired) electrons. The van der Waals surface area contributed by atoms with Gasteiger partial charge in [-0.3, -0.25) is 9.00 Å². The molecule has 0 saturated heterocycles. The summed E-state index contributed by atoms with van der Waals surface area (Å²) < 4.78 is 11.9. The molecule has 0 aliphatic heterocycles. The Morgan fingerprint density at radius 2 is 1.81 bits per heavy atom. The van der Waals surface area contributed by atoms with Crippen molar-refractivity contribution in [3.8, 4) is 0 Å². The minimum Gasteiger partial charge on any atom is -0.481 e. The molecule has 2 bridgehead atoms. The molecule has 0 aromatic carbocycles. The Labute approximate surface area is 159 Å². The van der Waals surface area contributed by atoms with Gasteiger partial charge in [0.05, 0.1) is 11.5 Å². The highest BCUT2D eigenvalue weighted by Gasteiger charge is 2.68. The highest BCUT2D eigenvalue weighted by Crippen LogP contribution is 2.72. The number of rotatable bonds is 3. The van der Waals surface area contributed by atoms with Crippen molar-refractivity contribution < 1.29 is 19.2 Å². The molecule has 0 amide bonds. The fourth-order valence-electron chi connectivity index (χ4n) is 8.23. The number of carboxylic acid groups (broad SMARTS) is 1. The molecular weight excluding hydrogens is 348 g/mol. The van der Waals surface area contributed by atoms with Gasteiger partial charge in [0, 0.05) is 22.8 Å². The van der Waals surface area contributed by atoms with Gasteiger partial charge in [-0.15, -0.1) is 0 Å². The van der Waals surface area contributed by atoms with Crippen LogP contribution in [-0.4, -0.2) is 38.5 Å². The number of hydrogen-bond donors (Lipinski definition) is 2. The predicted molar refractivity (Wildman–Crippen MR) is 102 cm³/mol. The first-order valence-electron chi connectivity index (χ1n) is 10.4. The van der Waals surface area contributed by atoms with Crippen LogP contribution in [-0.2, 0) is 15.6 Å². The summed E-state index contributed by atoms with van der Waals surface area (Å²) in [5, 5.41) is 21.4. The normalized spacial score (nSPS) is 54.2. The van der Waals surface area contributed by atoms with Crippen LogP contribution >= 0.6 is 0 Å². The van der Waals surface area contributed by atoms with Crippen LogP contribution in [0.5, 0.6) is 0 Å². The number of aliphatic hydroxyl groups is 1. The van der Waals surface area contributed by atoms with Gasteiger partial charge in [-0.1, -0.05) is 13.3 Å². The third-order valence-corrected chi connectivity index (χ3v) is 10.3. The molecule has 5 aliphatic rings. The van der Waals surface area contributed by atoms with E-state index in [1.165, 1.54) is 0 Å². The third-order valence-electron chi connectivity index (χ3n) is 9.40. The summed E-state index contributed by atoms with van der Waals surface area (Å²) in [4.78, 5) is 12.1. The van der Waals surface area contributed by atoms with E-state index in [0.29, 0.717) is 17.6 Å². The Bertz CT molecular complexity index is 636. The van der Waals surface area contributed by atoms with Gasteiger partial charge in [0.1, 0.15) is 0 Å². The quantitative estimate of drug-likeness (QED) is 0.784. The van der Waals surface area contributed by atoms with Gasteiger partial charge in [-0.05, 0) is 86.4 Å². The molecule has 148 valence electrons. The number of carbonyl (C=O) groups is 1. The molecule has 26 heavy (non-hydrogen) atoms. The number of carboxylic acids is 1. The minimum absolute atomic E-state index is 0.0135. The number of fused-ring (bicyclic) bond motifs is 3. The second-order valence-electron chi connectivity index (χ2n) is 10.3. The van der Waals surface area contributed by atoms with E-state index in [1.54, 1.807) is 6.26 Å². The van der Waals surface area contributed by atoms with E-state index in [1.807, 2.05) is 6.92 Å². The second-order valence-corrected chi connectivity index (χ2v) is 11.8. The topological polar surface area (TPSA) is 74.6 Å². The molecule has 4 nitrogen and oxygen atoms in total. The SMILES string of the molecule is CS(=O)C[C@H]1[C@H]2CC[C@@]3(CCC4[C@@](C)(CCC[C@@]4(C)C(=O)O)C3C2)[C@@H]1O. The number of aliphatic hydroxyl groups excluding tert-OH is 1. The second kappa shape index (κ2) is 6.04. The fraction of sp³-hybridized carbons (Fsp3) is 0.952. The van der Waals surface area contributed by atoms with Crippen molar-refractivity contribution >= 4 is 16.8 Å². The van der Waals surface area contributed by atoms with Gasteiger partial charge in [0.2, 0.25) is 0 Å². The molecule has 5 rings (SSSR count). The first-order chi connectivity index (χ1) is 12.1. The first-order valence-corrected chi connectivity index (χ1v) is 12.1. The monoisotopic (exact) mass is 382 g/mol.